The van der Waals surface area contributed by atoms with Gasteiger partial charge in [-0.3, -0.25) is 0 Å². The average molecular weight is 326 g/mol. The fraction of sp³-hybridized carbons (Fsp3) is 0.111. The quantitative estimate of drug-likeness (QED) is 0.533. The highest BCUT2D eigenvalue weighted by Crippen LogP contribution is 2.16. The third kappa shape index (κ3) is 3.43. The lowest BCUT2D eigenvalue weighted by Crippen LogP contribution is -2.06. The topological polar surface area (TPSA) is 38.9 Å². The first-order valence-electron chi connectivity index (χ1n) is 7.13. The summed E-state index contributed by atoms with van der Waals surface area (Å²) in [6.07, 6.45) is 3.65. The van der Waals surface area contributed by atoms with Gasteiger partial charge in [0, 0.05) is 23.7 Å². The molecule has 0 aliphatic carbocycles. The molecule has 0 saturated heterocycles. The Morgan fingerprint density at radius 2 is 2.00 bits per heavy atom. The number of benzene rings is 2. The zero-order valence-corrected chi connectivity index (χ0v) is 13.7. The molecule has 3 aromatic rings. The molecule has 0 amide bonds. The Bertz CT molecular complexity index is 944. The monoisotopic (exact) mass is 325 g/mol. The van der Waals surface area contributed by atoms with Crippen LogP contribution < -0.4 is 10.1 Å². The number of hydrogen-bond donors (Lipinski definition) is 0. The summed E-state index contributed by atoms with van der Waals surface area (Å²) in [6.45, 7) is 0. The van der Waals surface area contributed by atoms with Crippen LogP contribution in [0.25, 0.3) is 10.9 Å². The molecule has 0 spiro atoms. The number of nitrogens with zero attached hydrogens (tertiary/aromatic N) is 3. The summed E-state index contributed by atoms with van der Waals surface area (Å²) in [5.74, 6) is 0.792. The van der Waals surface area contributed by atoms with E-state index in [9.17, 15) is 0 Å². The number of aromatic nitrogens is 1. The van der Waals surface area contributed by atoms with Crippen LogP contribution in [0.15, 0.2) is 64.9 Å². The lowest BCUT2D eigenvalue weighted by Gasteiger charge is -2.05. The third-order valence-electron chi connectivity index (χ3n) is 3.54. The normalized spacial score (nSPS) is 12.2. The van der Waals surface area contributed by atoms with Crippen LogP contribution in [0.5, 0.6) is 5.75 Å². The second kappa shape index (κ2) is 6.67. The van der Waals surface area contributed by atoms with Gasteiger partial charge in [0.2, 0.25) is 0 Å². The van der Waals surface area contributed by atoms with Crippen LogP contribution >= 0.6 is 11.6 Å². The van der Waals surface area contributed by atoms with Gasteiger partial charge in [-0.25, -0.2) is 0 Å². The Morgan fingerprint density at radius 1 is 1.13 bits per heavy atom. The summed E-state index contributed by atoms with van der Waals surface area (Å²) >= 11 is 6.07. The Morgan fingerprint density at radius 3 is 2.83 bits per heavy atom. The van der Waals surface area contributed by atoms with E-state index in [-0.39, 0.29) is 0 Å². The van der Waals surface area contributed by atoms with E-state index in [0.717, 1.165) is 27.6 Å². The van der Waals surface area contributed by atoms with Crippen molar-refractivity contribution in [2.24, 2.45) is 17.3 Å². The SMILES string of the molecule is COc1cccc(/C=N/N=c2\ccn(C)c3cc(Cl)ccc23)c1. The van der Waals surface area contributed by atoms with E-state index >= 15 is 0 Å². The Hall–Kier alpha value is -2.59. The van der Waals surface area contributed by atoms with Gasteiger partial charge < -0.3 is 9.30 Å². The van der Waals surface area contributed by atoms with Crippen LogP contribution in [0.3, 0.4) is 0 Å². The molecular formula is C18H16ClN3O. The van der Waals surface area contributed by atoms with Crippen LogP contribution in [0.1, 0.15) is 5.56 Å². The number of fused-ring (bicyclic) bond motifs is 1. The number of aryl methyl sites for hydroxylation is 1. The lowest BCUT2D eigenvalue weighted by molar-refractivity contribution is 0.415. The number of halogens is 1. The maximum absolute atomic E-state index is 6.07. The number of pyridine rings is 1. The minimum absolute atomic E-state index is 0.699. The molecule has 0 aliphatic heterocycles. The molecule has 0 aliphatic rings. The predicted molar refractivity (Wildman–Crippen MR) is 94.1 cm³/mol. The lowest BCUT2D eigenvalue weighted by atomic mass is 10.2. The summed E-state index contributed by atoms with van der Waals surface area (Å²) in [5.41, 5.74) is 1.94. The molecule has 0 fully saturated rings. The Labute approximate surface area is 139 Å². The molecule has 0 bridgehead atoms. The number of ether oxygens (including phenoxy) is 1. The molecule has 0 radical (unpaired) electrons. The molecular weight excluding hydrogens is 310 g/mol. The third-order valence-corrected chi connectivity index (χ3v) is 3.77. The summed E-state index contributed by atoms with van der Waals surface area (Å²) in [5, 5.41) is 11.0. The van der Waals surface area contributed by atoms with E-state index in [1.807, 2.05) is 66.3 Å². The molecule has 4 nitrogen and oxygen atoms in total. The zero-order valence-electron chi connectivity index (χ0n) is 12.9. The first-order valence-corrected chi connectivity index (χ1v) is 7.51. The van der Waals surface area contributed by atoms with Crippen LogP contribution in [-0.2, 0) is 7.05 Å². The second-order valence-electron chi connectivity index (χ2n) is 5.09. The maximum Gasteiger partial charge on any atom is 0.119 e. The largest absolute Gasteiger partial charge is 0.497 e. The van der Waals surface area contributed by atoms with Crippen LogP contribution in [0.2, 0.25) is 5.02 Å². The molecule has 0 unspecified atom stereocenters. The van der Waals surface area contributed by atoms with Crippen molar-refractivity contribution in [3.8, 4) is 5.75 Å². The van der Waals surface area contributed by atoms with Crippen molar-refractivity contribution >= 4 is 28.7 Å². The van der Waals surface area contributed by atoms with Gasteiger partial charge in [0.15, 0.2) is 0 Å². The van der Waals surface area contributed by atoms with Crippen molar-refractivity contribution < 1.29 is 4.74 Å². The molecule has 1 aromatic heterocycles. The molecule has 1 heterocycles. The molecule has 2 aromatic carbocycles. The van der Waals surface area contributed by atoms with Gasteiger partial charge >= 0.3 is 0 Å². The molecule has 116 valence electrons. The van der Waals surface area contributed by atoms with Crippen molar-refractivity contribution in [3.63, 3.8) is 0 Å². The highest BCUT2D eigenvalue weighted by atomic mass is 35.5. The fourth-order valence-corrected chi connectivity index (χ4v) is 2.50. The van der Waals surface area contributed by atoms with E-state index in [2.05, 4.69) is 10.2 Å². The minimum Gasteiger partial charge on any atom is -0.497 e. The molecule has 0 atom stereocenters. The predicted octanol–water partition coefficient (Wildman–Crippen LogP) is 3.78. The zero-order chi connectivity index (χ0) is 16.2. The summed E-state index contributed by atoms with van der Waals surface area (Å²) in [4.78, 5) is 0. The molecule has 5 heteroatoms. The van der Waals surface area contributed by atoms with E-state index < -0.39 is 0 Å². The highest BCUT2D eigenvalue weighted by molar-refractivity contribution is 6.31. The van der Waals surface area contributed by atoms with E-state index in [1.165, 1.54) is 0 Å². The summed E-state index contributed by atoms with van der Waals surface area (Å²) in [6, 6.07) is 15.3. The van der Waals surface area contributed by atoms with Crippen LogP contribution in [-0.4, -0.2) is 17.9 Å². The number of rotatable bonds is 3. The molecule has 0 N–H and O–H groups in total. The van der Waals surface area contributed by atoms with Crippen molar-refractivity contribution in [1.29, 1.82) is 0 Å². The van der Waals surface area contributed by atoms with Crippen molar-refractivity contribution in [2.75, 3.05) is 7.11 Å². The van der Waals surface area contributed by atoms with Gasteiger partial charge in [-0.2, -0.15) is 10.2 Å². The number of hydrogen-bond acceptors (Lipinski definition) is 3. The van der Waals surface area contributed by atoms with Gasteiger partial charge in [-0.15, -0.1) is 0 Å². The highest BCUT2D eigenvalue weighted by Gasteiger charge is 2.00. The number of methoxy groups -OCH3 is 1. The minimum atomic E-state index is 0.699. The fourth-order valence-electron chi connectivity index (χ4n) is 2.33. The van der Waals surface area contributed by atoms with Gasteiger partial charge in [-0.05, 0) is 42.0 Å². The first kappa shape index (κ1) is 15.3. The first-order chi connectivity index (χ1) is 11.2. The van der Waals surface area contributed by atoms with E-state index in [1.54, 1.807) is 13.3 Å². The van der Waals surface area contributed by atoms with Crippen LogP contribution in [0.4, 0.5) is 0 Å². The van der Waals surface area contributed by atoms with Crippen molar-refractivity contribution in [1.82, 2.24) is 4.57 Å². The summed E-state index contributed by atoms with van der Waals surface area (Å²) in [7, 11) is 3.61. The van der Waals surface area contributed by atoms with Gasteiger partial charge in [0.05, 0.1) is 24.2 Å². The van der Waals surface area contributed by atoms with Gasteiger partial charge in [0.25, 0.3) is 0 Å². The molecule has 23 heavy (non-hydrogen) atoms. The van der Waals surface area contributed by atoms with E-state index in [0.29, 0.717) is 5.02 Å². The van der Waals surface area contributed by atoms with Crippen molar-refractivity contribution in [3.05, 3.63) is 70.7 Å². The molecule has 3 rings (SSSR count). The van der Waals surface area contributed by atoms with Gasteiger partial charge in [0.1, 0.15) is 5.75 Å². The van der Waals surface area contributed by atoms with Crippen LogP contribution in [0, 0.1) is 0 Å². The Kier molecular flexibility index (Phi) is 4.44. The summed E-state index contributed by atoms with van der Waals surface area (Å²) < 4.78 is 7.20. The molecule has 0 saturated carbocycles. The van der Waals surface area contributed by atoms with Gasteiger partial charge in [-0.1, -0.05) is 23.7 Å². The van der Waals surface area contributed by atoms with E-state index in [4.69, 9.17) is 16.3 Å². The Balaban J connectivity index is 2.01. The maximum atomic E-state index is 6.07. The standard InChI is InChI=1S/C18H16ClN3O/c1-22-9-8-17(16-7-6-14(19)11-18(16)22)21-20-12-13-4-3-5-15(10-13)23-2/h3-12H,1-2H3/b20-12+,21-17+. The second-order valence-corrected chi connectivity index (χ2v) is 5.53. The average Bonchev–Trinajstić information content (AvgIpc) is 2.57. The smallest absolute Gasteiger partial charge is 0.119 e. The van der Waals surface area contributed by atoms with Crippen molar-refractivity contribution in [2.45, 2.75) is 0 Å².